The number of rotatable bonds is 6. The van der Waals surface area contributed by atoms with Gasteiger partial charge in [0, 0.05) is 11.2 Å². The Hall–Kier alpha value is -1.22. The van der Waals surface area contributed by atoms with Gasteiger partial charge in [-0.15, -0.1) is 12.4 Å². The van der Waals surface area contributed by atoms with E-state index in [2.05, 4.69) is 10.0 Å². The van der Waals surface area contributed by atoms with Crippen molar-refractivity contribution in [2.24, 2.45) is 5.73 Å². The average molecular weight is 382 g/mol. The molecule has 1 aromatic carbocycles. The molecule has 0 saturated heterocycles. The minimum absolute atomic E-state index is 0. The second-order valence-corrected chi connectivity index (χ2v) is 8.04. The summed E-state index contributed by atoms with van der Waals surface area (Å²) in [5.74, 6) is -1.33. The summed E-state index contributed by atoms with van der Waals surface area (Å²) < 4.78 is 40.8. The SMILES string of the molecule is CCCC(N)C(=O)Nc1ccc(F)c(S(=O)(=O)NC(C)(C)C)c1.Cl. The molecule has 1 unspecified atom stereocenters. The Bertz CT molecular complexity index is 675. The van der Waals surface area contributed by atoms with Gasteiger partial charge in [0.05, 0.1) is 6.04 Å². The fraction of sp³-hybridized carbons (Fsp3) is 0.533. The summed E-state index contributed by atoms with van der Waals surface area (Å²) in [6, 6.07) is 2.68. The maximum Gasteiger partial charge on any atom is 0.244 e. The Kier molecular flexibility index (Phi) is 8.31. The monoisotopic (exact) mass is 381 g/mol. The van der Waals surface area contributed by atoms with Crippen molar-refractivity contribution in [3.63, 3.8) is 0 Å². The first-order valence-electron chi connectivity index (χ1n) is 7.36. The van der Waals surface area contributed by atoms with Crippen LogP contribution in [0.3, 0.4) is 0 Å². The number of halogens is 2. The Morgan fingerprint density at radius 2 is 1.92 bits per heavy atom. The molecule has 0 saturated carbocycles. The predicted molar refractivity (Wildman–Crippen MR) is 95.2 cm³/mol. The van der Waals surface area contributed by atoms with Crippen LogP contribution < -0.4 is 15.8 Å². The molecule has 24 heavy (non-hydrogen) atoms. The van der Waals surface area contributed by atoms with Crippen LogP contribution in [-0.4, -0.2) is 25.9 Å². The number of carbonyl (C=O) groups excluding carboxylic acids is 1. The molecular weight excluding hydrogens is 357 g/mol. The molecule has 1 atom stereocenters. The maximum atomic E-state index is 13.9. The second kappa shape index (κ2) is 8.75. The second-order valence-electron chi connectivity index (χ2n) is 6.39. The molecule has 0 radical (unpaired) electrons. The molecule has 1 amide bonds. The molecule has 0 fully saturated rings. The van der Waals surface area contributed by atoms with Gasteiger partial charge in [-0.05, 0) is 45.4 Å². The van der Waals surface area contributed by atoms with Crippen LogP contribution in [0.4, 0.5) is 10.1 Å². The standard InChI is InChI=1S/C15H24FN3O3S.ClH/c1-5-6-12(17)14(20)18-10-7-8-11(16)13(9-10)23(21,22)19-15(2,3)4;/h7-9,12,19H,5-6,17H2,1-4H3,(H,18,20);1H. The van der Waals surface area contributed by atoms with E-state index in [1.165, 1.54) is 6.07 Å². The lowest BCUT2D eigenvalue weighted by atomic mass is 10.1. The maximum absolute atomic E-state index is 13.9. The Balaban J connectivity index is 0.00000529. The van der Waals surface area contributed by atoms with Crippen LogP contribution in [0.5, 0.6) is 0 Å². The van der Waals surface area contributed by atoms with Crippen LogP contribution >= 0.6 is 12.4 Å². The van der Waals surface area contributed by atoms with E-state index < -0.39 is 38.2 Å². The van der Waals surface area contributed by atoms with Crippen LogP contribution in [0.1, 0.15) is 40.5 Å². The zero-order valence-corrected chi connectivity index (χ0v) is 15.9. The number of amides is 1. The van der Waals surface area contributed by atoms with Gasteiger partial charge < -0.3 is 11.1 Å². The van der Waals surface area contributed by atoms with Crippen LogP contribution in [0.25, 0.3) is 0 Å². The van der Waals surface area contributed by atoms with Crippen molar-refractivity contribution in [1.29, 1.82) is 0 Å². The number of hydrogen-bond donors (Lipinski definition) is 3. The Morgan fingerprint density at radius 3 is 2.42 bits per heavy atom. The number of benzene rings is 1. The fourth-order valence-electron chi connectivity index (χ4n) is 1.92. The van der Waals surface area contributed by atoms with Crippen molar-refractivity contribution in [3.8, 4) is 0 Å². The smallest absolute Gasteiger partial charge is 0.244 e. The molecule has 0 aliphatic rings. The minimum atomic E-state index is -4.04. The van der Waals surface area contributed by atoms with E-state index in [0.717, 1.165) is 18.6 Å². The van der Waals surface area contributed by atoms with E-state index >= 15 is 0 Å². The van der Waals surface area contributed by atoms with Crippen LogP contribution in [0, 0.1) is 5.82 Å². The van der Waals surface area contributed by atoms with Crippen LogP contribution in [0.2, 0.25) is 0 Å². The third kappa shape index (κ3) is 6.72. The van der Waals surface area contributed by atoms with Gasteiger partial charge in [-0.2, -0.15) is 0 Å². The van der Waals surface area contributed by atoms with Gasteiger partial charge in [-0.1, -0.05) is 13.3 Å². The highest BCUT2D eigenvalue weighted by Gasteiger charge is 2.25. The van der Waals surface area contributed by atoms with Crippen molar-refractivity contribution in [1.82, 2.24) is 4.72 Å². The van der Waals surface area contributed by atoms with Gasteiger partial charge in [0.25, 0.3) is 0 Å². The van der Waals surface area contributed by atoms with Crippen LogP contribution in [-0.2, 0) is 14.8 Å². The highest BCUT2D eigenvalue weighted by atomic mass is 35.5. The van der Waals surface area contributed by atoms with Crippen molar-refractivity contribution < 1.29 is 17.6 Å². The molecule has 0 bridgehead atoms. The molecule has 0 aliphatic heterocycles. The predicted octanol–water partition coefficient (Wildman–Crippen LogP) is 2.39. The van der Waals surface area contributed by atoms with E-state index in [1.54, 1.807) is 20.8 Å². The summed E-state index contributed by atoms with van der Waals surface area (Å²) in [6.07, 6.45) is 1.25. The highest BCUT2D eigenvalue weighted by molar-refractivity contribution is 7.89. The Morgan fingerprint density at radius 1 is 1.33 bits per heavy atom. The molecule has 1 rings (SSSR count). The summed E-state index contributed by atoms with van der Waals surface area (Å²) in [5, 5.41) is 2.51. The van der Waals surface area contributed by atoms with Gasteiger partial charge in [-0.3, -0.25) is 4.79 Å². The number of sulfonamides is 1. The molecule has 0 spiro atoms. The molecule has 1 aromatic rings. The lowest BCUT2D eigenvalue weighted by molar-refractivity contribution is -0.117. The third-order valence-corrected chi connectivity index (χ3v) is 4.64. The van der Waals surface area contributed by atoms with Crippen molar-refractivity contribution in [2.75, 3.05) is 5.32 Å². The van der Waals surface area contributed by atoms with Crippen LogP contribution in [0.15, 0.2) is 23.1 Å². The third-order valence-electron chi connectivity index (χ3n) is 2.87. The summed E-state index contributed by atoms with van der Waals surface area (Å²) in [4.78, 5) is 11.4. The summed E-state index contributed by atoms with van der Waals surface area (Å²) in [7, 11) is -4.04. The molecule has 0 aliphatic carbocycles. The number of nitrogens with one attached hydrogen (secondary N) is 2. The van der Waals surface area contributed by atoms with Crippen molar-refractivity contribution in [2.45, 2.75) is 57.0 Å². The topological polar surface area (TPSA) is 101 Å². The molecule has 0 heterocycles. The molecule has 0 aromatic heterocycles. The fourth-order valence-corrected chi connectivity index (χ4v) is 3.45. The van der Waals surface area contributed by atoms with Gasteiger partial charge in [0.15, 0.2) is 0 Å². The quantitative estimate of drug-likeness (QED) is 0.704. The number of hydrogen-bond acceptors (Lipinski definition) is 4. The van der Waals surface area contributed by atoms with E-state index in [-0.39, 0.29) is 18.1 Å². The zero-order chi connectivity index (χ0) is 17.8. The van der Waals surface area contributed by atoms with Gasteiger partial charge >= 0.3 is 0 Å². The van der Waals surface area contributed by atoms with E-state index in [0.29, 0.717) is 6.42 Å². The first-order chi connectivity index (χ1) is 10.5. The zero-order valence-electron chi connectivity index (χ0n) is 14.2. The molecule has 4 N–H and O–H groups in total. The summed E-state index contributed by atoms with van der Waals surface area (Å²) in [5.41, 5.74) is 5.12. The van der Waals surface area contributed by atoms with Gasteiger partial charge in [0.2, 0.25) is 15.9 Å². The lowest BCUT2D eigenvalue weighted by Crippen LogP contribution is -2.40. The highest BCUT2D eigenvalue weighted by Crippen LogP contribution is 2.21. The van der Waals surface area contributed by atoms with Crippen molar-refractivity contribution >= 4 is 34.0 Å². The number of anilines is 1. The number of nitrogens with two attached hydrogens (primary N) is 1. The van der Waals surface area contributed by atoms with E-state index in [9.17, 15) is 17.6 Å². The first-order valence-corrected chi connectivity index (χ1v) is 8.84. The summed E-state index contributed by atoms with van der Waals surface area (Å²) >= 11 is 0. The van der Waals surface area contributed by atoms with E-state index in [1.807, 2.05) is 6.92 Å². The summed E-state index contributed by atoms with van der Waals surface area (Å²) in [6.45, 7) is 6.85. The normalized spacial score (nSPS) is 13.1. The largest absolute Gasteiger partial charge is 0.325 e. The number of carbonyl (C=O) groups is 1. The molecule has 6 nitrogen and oxygen atoms in total. The lowest BCUT2D eigenvalue weighted by Gasteiger charge is -2.21. The average Bonchev–Trinajstić information content (AvgIpc) is 2.38. The van der Waals surface area contributed by atoms with E-state index in [4.69, 9.17) is 5.73 Å². The molecule has 138 valence electrons. The van der Waals surface area contributed by atoms with Gasteiger partial charge in [-0.25, -0.2) is 17.5 Å². The molecule has 9 heteroatoms. The van der Waals surface area contributed by atoms with Gasteiger partial charge in [0.1, 0.15) is 10.7 Å². The molecular formula is C15H25ClFN3O3S. The van der Waals surface area contributed by atoms with Crippen molar-refractivity contribution in [3.05, 3.63) is 24.0 Å². The first kappa shape index (κ1) is 22.8. The minimum Gasteiger partial charge on any atom is -0.325 e. The Labute approximate surface area is 148 Å².